The number of rotatable bonds is 6. The number of benzene rings is 1. The van der Waals surface area contributed by atoms with Crippen LogP contribution in [0.4, 0.5) is 20.3 Å². The number of sulfonamides is 1. The number of hydrogen-bond donors (Lipinski definition) is 2. The minimum absolute atomic E-state index is 0.166. The number of nitrogens with zero attached hydrogens (tertiary/aromatic N) is 1. The summed E-state index contributed by atoms with van der Waals surface area (Å²) in [7, 11) is -4.02. The molecule has 0 aliphatic carbocycles. The minimum Gasteiger partial charge on any atom is -0.360 e. The van der Waals surface area contributed by atoms with Gasteiger partial charge >= 0.3 is 0 Å². The van der Waals surface area contributed by atoms with E-state index in [2.05, 4.69) is 10.5 Å². The first-order valence-electron chi connectivity index (χ1n) is 6.86. The Balaban J connectivity index is 2.00. The lowest BCUT2D eigenvalue weighted by molar-refractivity contribution is -0.118. The molecule has 0 aliphatic rings. The molecular formula is C14H15F2N3O4S. The fraction of sp³-hybridized carbons (Fsp3) is 0.286. The number of halogens is 2. The van der Waals surface area contributed by atoms with Crippen LogP contribution >= 0.6 is 0 Å². The second-order valence-corrected chi connectivity index (χ2v) is 6.99. The van der Waals surface area contributed by atoms with Crippen LogP contribution in [0.1, 0.15) is 12.7 Å². The quantitative estimate of drug-likeness (QED) is 0.824. The first-order chi connectivity index (χ1) is 11.2. The summed E-state index contributed by atoms with van der Waals surface area (Å²) >= 11 is 0. The van der Waals surface area contributed by atoms with Crippen LogP contribution in [0.15, 0.2) is 28.8 Å². The summed E-state index contributed by atoms with van der Waals surface area (Å²) in [6, 6.07) is 3.92. The molecule has 2 N–H and O–H groups in total. The van der Waals surface area contributed by atoms with Crippen LogP contribution in [0.2, 0.25) is 0 Å². The van der Waals surface area contributed by atoms with Crippen molar-refractivity contribution < 1.29 is 26.5 Å². The summed E-state index contributed by atoms with van der Waals surface area (Å²) < 4.78 is 57.1. The molecule has 0 saturated carbocycles. The molecule has 1 unspecified atom stereocenters. The van der Waals surface area contributed by atoms with E-state index < -0.39 is 44.9 Å². The fourth-order valence-electron chi connectivity index (χ4n) is 1.86. The molecule has 1 aromatic carbocycles. The number of anilines is 2. The van der Waals surface area contributed by atoms with Gasteiger partial charge in [0.05, 0.1) is 17.4 Å². The smallest absolute Gasteiger partial charge is 0.233 e. The Hall–Kier alpha value is -2.49. The average molecular weight is 359 g/mol. The van der Waals surface area contributed by atoms with E-state index in [-0.39, 0.29) is 5.82 Å². The molecule has 2 rings (SSSR count). The average Bonchev–Trinajstić information content (AvgIpc) is 2.86. The Bertz CT molecular complexity index is 851. The number of aryl methyl sites for hydroxylation is 1. The van der Waals surface area contributed by atoms with Gasteiger partial charge in [-0.1, -0.05) is 12.1 Å². The Morgan fingerprint density at radius 2 is 2.04 bits per heavy atom. The lowest BCUT2D eigenvalue weighted by Crippen LogP contribution is -2.30. The molecule has 24 heavy (non-hydrogen) atoms. The zero-order valence-electron chi connectivity index (χ0n) is 12.8. The number of nitrogens with one attached hydrogen (secondary N) is 2. The Morgan fingerprint density at radius 3 is 2.62 bits per heavy atom. The maximum atomic E-state index is 13.5. The van der Waals surface area contributed by atoms with Gasteiger partial charge in [-0.05, 0) is 19.1 Å². The van der Waals surface area contributed by atoms with Crippen molar-refractivity contribution in [2.45, 2.75) is 13.8 Å². The molecule has 7 nitrogen and oxygen atoms in total. The molecule has 1 atom stereocenters. The molecule has 0 bridgehead atoms. The van der Waals surface area contributed by atoms with Crippen molar-refractivity contribution in [3.8, 4) is 0 Å². The summed E-state index contributed by atoms with van der Waals surface area (Å²) in [6.07, 6.45) is 0. The van der Waals surface area contributed by atoms with E-state index in [4.69, 9.17) is 4.52 Å². The molecule has 2 aromatic rings. The standard InChI is InChI=1S/C14H15F2N3O4S/c1-8(14(20)17-13-5-9(2)23-18-13)7-24(21,22)19-12-4-3-10(15)6-11(12)16/h3-6,8,19H,7H2,1-2H3,(H,17,18,20). The predicted molar refractivity (Wildman–Crippen MR) is 82.8 cm³/mol. The third kappa shape index (κ3) is 4.75. The largest absolute Gasteiger partial charge is 0.360 e. The number of carbonyl (C=O) groups is 1. The first kappa shape index (κ1) is 17.9. The molecule has 130 valence electrons. The van der Waals surface area contributed by atoms with E-state index in [9.17, 15) is 22.0 Å². The lowest BCUT2D eigenvalue weighted by Gasteiger charge is -2.13. The summed E-state index contributed by atoms with van der Waals surface area (Å²) in [5, 5.41) is 5.97. The van der Waals surface area contributed by atoms with Crippen LogP contribution in [0, 0.1) is 24.5 Å². The molecule has 0 saturated heterocycles. The van der Waals surface area contributed by atoms with Gasteiger partial charge in [0, 0.05) is 12.1 Å². The van der Waals surface area contributed by atoms with Crippen LogP contribution in [0.25, 0.3) is 0 Å². The molecule has 0 fully saturated rings. The van der Waals surface area contributed by atoms with Crippen LogP contribution in [-0.2, 0) is 14.8 Å². The molecule has 1 aromatic heterocycles. The van der Waals surface area contributed by atoms with Gasteiger partial charge in [0.25, 0.3) is 0 Å². The van der Waals surface area contributed by atoms with Gasteiger partial charge < -0.3 is 9.84 Å². The van der Waals surface area contributed by atoms with E-state index >= 15 is 0 Å². The molecule has 1 amide bonds. The lowest BCUT2D eigenvalue weighted by atomic mass is 10.2. The number of aromatic nitrogens is 1. The van der Waals surface area contributed by atoms with Gasteiger partial charge in [0.1, 0.15) is 17.4 Å². The molecule has 0 radical (unpaired) electrons. The van der Waals surface area contributed by atoms with Gasteiger partial charge in [0.2, 0.25) is 15.9 Å². The van der Waals surface area contributed by atoms with Crippen molar-refractivity contribution in [2.75, 3.05) is 15.8 Å². The third-order valence-corrected chi connectivity index (χ3v) is 4.46. The van der Waals surface area contributed by atoms with Gasteiger partial charge in [0.15, 0.2) is 5.82 Å². The van der Waals surface area contributed by atoms with Crippen LogP contribution < -0.4 is 10.0 Å². The summed E-state index contributed by atoms with van der Waals surface area (Å²) in [5.74, 6) is -3.35. The normalized spacial score (nSPS) is 12.7. The van der Waals surface area contributed by atoms with Gasteiger partial charge in [-0.25, -0.2) is 17.2 Å². The number of carbonyl (C=O) groups excluding carboxylic acids is 1. The van der Waals surface area contributed by atoms with E-state index in [1.165, 1.54) is 13.0 Å². The van der Waals surface area contributed by atoms with Gasteiger partial charge in [-0.3, -0.25) is 9.52 Å². The number of hydrogen-bond acceptors (Lipinski definition) is 5. The van der Waals surface area contributed by atoms with Crippen molar-refractivity contribution in [2.24, 2.45) is 5.92 Å². The van der Waals surface area contributed by atoms with E-state index in [1.807, 2.05) is 4.72 Å². The summed E-state index contributed by atoms with van der Waals surface area (Å²) in [6.45, 7) is 3.03. The second-order valence-electron chi connectivity index (χ2n) is 5.22. The van der Waals surface area contributed by atoms with Gasteiger partial charge in [-0.2, -0.15) is 0 Å². The molecular weight excluding hydrogens is 344 g/mol. The summed E-state index contributed by atoms with van der Waals surface area (Å²) in [5.41, 5.74) is -0.392. The monoisotopic (exact) mass is 359 g/mol. The van der Waals surface area contributed by atoms with Crippen molar-refractivity contribution >= 4 is 27.4 Å². The van der Waals surface area contributed by atoms with E-state index in [0.717, 1.165) is 12.1 Å². The van der Waals surface area contributed by atoms with Crippen molar-refractivity contribution in [1.82, 2.24) is 5.16 Å². The van der Waals surface area contributed by atoms with E-state index in [1.54, 1.807) is 6.92 Å². The zero-order valence-corrected chi connectivity index (χ0v) is 13.7. The highest BCUT2D eigenvalue weighted by molar-refractivity contribution is 7.92. The maximum Gasteiger partial charge on any atom is 0.233 e. The summed E-state index contributed by atoms with van der Waals surface area (Å²) in [4.78, 5) is 12.0. The van der Waals surface area contributed by atoms with Gasteiger partial charge in [-0.15, -0.1) is 0 Å². The topological polar surface area (TPSA) is 101 Å². The van der Waals surface area contributed by atoms with Crippen LogP contribution in [-0.4, -0.2) is 25.2 Å². The highest BCUT2D eigenvalue weighted by atomic mass is 32.2. The minimum atomic E-state index is -4.02. The van der Waals surface area contributed by atoms with Crippen molar-refractivity contribution in [3.63, 3.8) is 0 Å². The Morgan fingerprint density at radius 1 is 1.33 bits per heavy atom. The predicted octanol–water partition coefficient (Wildman–Crippen LogP) is 2.28. The third-order valence-electron chi connectivity index (χ3n) is 2.99. The zero-order chi connectivity index (χ0) is 17.9. The van der Waals surface area contributed by atoms with E-state index in [0.29, 0.717) is 11.8 Å². The molecule has 0 spiro atoms. The SMILES string of the molecule is Cc1cc(NC(=O)C(C)CS(=O)(=O)Nc2ccc(F)cc2F)no1. The highest BCUT2D eigenvalue weighted by Gasteiger charge is 2.23. The van der Waals surface area contributed by atoms with Crippen molar-refractivity contribution in [3.05, 3.63) is 41.7 Å². The fourth-order valence-corrected chi connectivity index (χ4v) is 3.25. The second kappa shape index (κ2) is 6.95. The first-order valence-corrected chi connectivity index (χ1v) is 8.51. The Kier molecular flexibility index (Phi) is 5.17. The molecule has 10 heteroatoms. The highest BCUT2D eigenvalue weighted by Crippen LogP contribution is 2.18. The van der Waals surface area contributed by atoms with Crippen molar-refractivity contribution in [1.29, 1.82) is 0 Å². The maximum absolute atomic E-state index is 13.5. The molecule has 1 heterocycles. The number of amides is 1. The Labute approximate surface area is 137 Å². The molecule has 0 aliphatic heterocycles. The van der Waals surface area contributed by atoms with Crippen LogP contribution in [0.5, 0.6) is 0 Å². The van der Waals surface area contributed by atoms with Crippen LogP contribution in [0.3, 0.4) is 0 Å².